The Balaban J connectivity index is 2.37. The van der Waals surface area contributed by atoms with E-state index in [0.29, 0.717) is 16.9 Å². The minimum Gasteiger partial charge on any atom is -0.497 e. The minimum absolute atomic E-state index is 0.0593. The van der Waals surface area contributed by atoms with E-state index in [1.807, 2.05) is 0 Å². The number of ether oxygens (including phenoxy) is 1. The van der Waals surface area contributed by atoms with E-state index in [0.717, 1.165) is 6.07 Å². The zero-order valence-electron chi connectivity index (χ0n) is 10.7. The number of halogens is 2. The molecule has 0 aliphatic carbocycles. The third-order valence-corrected chi connectivity index (χ3v) is 3.00. The Morgan fingerprint density at radius 1 is 1.05 bits per heavy atom. The first-order valence-corrected chi connectivity index (χ1v) is 5.80. The van der Waals surface area contributed by atoms with Gasteiger partial charge in [0.15, 0.2) is 0 Å². The fourth-order valence-corrected chi connectivity index (χ4v) is 1.85. The van der Waals surface area contributed by atoms with E-state index >= 15 is 0 Å². The lowest BCUT2D eigenvalue weighted by Gasteiger charge is -2.14. The summed E-state index contributed by atoms with van der Waals surface area (Å²) in [7, 11) is 1.54. The monoisotopic (exact) mass is 264 g/mol. The summed E-state index contributed by atoms with van der Waals surface area (Å²) in [5.74, 6) is -0.735. The van der Waals surface area contributed by atoms with Crippen molar-refractivity contribution in [1.29, 1.82) is 0 Å². The molecule has 100 valence electrons. The second kappa shape index (κ2) is 5.36. The van der Waals surface area contributed by atoms with Gasteiger partial charge in [0.1, 0.15) is 23.5 Å². The van der Waals surface area contributed by atoms with Crippen LogP contribution in [0.25, 0.3) is 0 Å². The van der Waals surface area contributed by atoms with Gasteiger partial charge in [0.25, 0.3) is 0 Å². The molecular weight excluding hydrogens is 250 g/mol. The molecule has 0 fully saturated rings. The number of hydrogen-bond acceptors (Lipinski definition) is 2. The molecule has 0 aliphatic heterocycles. The van der Waals surface area contributed by atoms with E-state index in [-0.39, 0.29) is 5.56 Å². The summed E-state index contributed by atoms with van der Waals surface area (Å²) in [4.78, 5) is 0. The van der Waals surface area contributed by atoms with Crippen LogP contribution < -0.4 is 4.74 Å². The summed E-state index contributed by atoms with van der Waals surface area (Å²) in [5.41, 5.74) is 0.874. The SMILES string of the molecule is COc1ccc(C(O)c2cc(C)c(F)cc2F)cc1. The number of methoxy groups -OCH3 is 1. The highest BCUT2D eigenvalue weighted by molar-refractivity contribution is 5.36. The van der Waals surface area contributed by atoms with Crippen LogP contribution in [0.4, 0.5) is 8.78 Å². The number of aliphatic hydroxyl groups excluding tert-OH is 1. The van der Waals surface area contributed by atoms with Crippen molar-refractivity contribution in [2.24, 2.45) is 0 Å². The van der Waals surface area contributed by atoms with Crippen LogP contribution in [0.15, 0.2) is 36.4 Å². The number of benzene rings is 2. The molecule has 1 N–H and O–H groups in total. The second-order valence-corrected chi connectivity index (χ2v) is 4.30. The van der Waals surface area contributed by atoms with Gasteiger partial charge in [0.2, 0.25) is 0 Å². The molecule has 0 saturated heterocycles. The van der Waals surface area contributed by atoms with Gasteiger partial charge in [-0.2, -0.15) is 0 Å². The summed E-state index contributed by atoms with van der Waals surface area (Å²) < 4.78 is 31.9. The van der Waals surface area contributed by atoms with E-state index in [1.54, 1.807) is 24.3 Å². The quantitative estimate of drug-likeness (QED) is 0.921. The van der Waals surface area contributed by atoms with E-state index in [1.165, 1.54) is 20.1 Å². The standard InChI is InChI=1S/C15H14F2O2/c1-9-7-12(14(17)8-13(9)16)15(18)10-3-5-11(19-2)6-4-10/h3-8,15,18H,1-2H3. The Morgan fingerprint density at radius 3 is 2.26 bits per heavy atom. The number of aliphatic hydroxyl groups is 1. The number of aryl methyl sites for hydroxylation is 1. The summed E-state index contributed by atoms with van der Waals surface area (Å²) in [6.45, 7) is 1.53. The fourth-order valence-electron chi connectivity index (χ4n) is 1.85. The van der Waals surface area contributed by atoms with Crippen molar-refractivity contribution in [3.8, 4) is 5.75 Å². The van der Waals surface area contributed by atoms with Gasteiger partial charge in [0, 0.05) is 11.6 Å². The van der Waals surface area contributed by atoms with Gasteiger partial charge in [-0.15, -0.1) is 0 Å². The van der Waals surface area contributed by atoms with Crippen LogP contribution in [-0.4, -0.2) is 12.2 Å². The van der Waals surface area contributed by atoms with Crippen LogP contribution in [0.3, 0.4) is 0 Å². The van der Waals surface area contributed by atoms with Crippen LogP contribution in [0.5, 0.6) is 5.75 Å². The molecule has 1 unspecified atom stereocenters. The third kappa shape index (κ3) is 2.74. The third-order valence-electron chi connectivity index (χ3n) is 3.00. The smallest absolute Gasteiger partial charge is 0.132 e. The number of hydrogen-bond donors (Lipinski definition) is 1. The molecule has 4 heteroatoms. The van der Waals surface area contributed by atoms with Crippen LogP contribution in [0, 0.1) is 18.6 Å². The van der Waals surface area contributed by atoms with E-state index < -0.39 is 17.7 Å². The zero-order valence-corrected chi connectivity index (χ0v) is 10.7. The van der Waals surface area contributed by atoms with Crippen LogP contribution in [0.2, 0.25) is 0 Å². The first kappa shape index (κ1) is 13.5. The summed E-state index contributed by atoms with van der Waals surface area (Å²) in [6.07, 6.45) is -1.13. The molecule has 0 saturated carbocycles. The van der Waals surface area contributed by atoms with E-state index in [9.17, 15) is 13.9 Å². The van der Waals surface area contributed by atoms with Gasteiger partial charge in [-0.3, -0.25) is 0 Å². The molecule has 1 atom stereocenters. The van der Waals surface area contributed by atoms with Crippen molar-refractivity contribution < 1.29 is 18.6 Å². The molecule has 0 aromatic heterocycles. The molecule has 2 nitrogen and oxygen atoms in total. The summed E-state index contributed by atoms with van der Waals surface area (Å²) in [6, 6.07) is 8.74. The van der Waals surface area contributed by atoms with E-state index in [4.69, 9.17) is 4.74 Å². The van der Waals surface area contributed by atoms with Gasteiger partial charge < -0.3 is 9.84 Å². The van der Waals surface area contributed by atoms with Crippen LogP contribution >= 0.6 is 0 Å². The molecule has 0 bridgehead atoms. The van der Waals surface area contributed by atoms with Crippen molar-refractivity contribution in [1.82, 2.24) is 0 Å². The topological polar surface area (TPSA) is 29.5 Å². The second-order valence-electron chi connectivity index (χ2n) is 4.30. The lowest BCUT2D eigenvalue weighted by Crippen LogP contribution is -2.04. The summed E-state index contributed by atoms with van der Waals surface area (Å²) >= 11 is 0. The van der Waals surface area contributed by atoms with E-state index in [2.05, 4.69) is 0 Å². The summed E-state index contributed by atoms with van der Waals surface area (Å²) in [5, 5.41) is 10.1. The predicted molar refractivity (Wildman–Crippen MR) is 68.2 cm³/mol. The maximum absolute atomic E-state index is 13.7. The minimum atomic E-state index is -1.13. The molecule has 2 aromatic carbocycles. The molecule has 0 amide bonds. The molecule has 0 aliphatic rings. The highest BCUT2D eigenvalue weighted by atomic mass is 19.1. The molecule has 0 spiro atoms. The van der Waals surface area contributed by atoms with Crippen LogP contribution in [0.1, 0.15) is 22.8 Å². The highest BCUT2D eigenvalue weighted by Gasteiger charge is 2.17. The molecule has 0 radical (unpaired) electrons. The molecular formula is C15H14F2O2. The number of rotatable bonds is 3. The molecule has 2 rings (SSSR count). The first-order chi connectivity index (χ1) is 9.02. The maximum Gasteiger partial charge on any atom is 0.132 e. The Bertz CT molecular complexity index is 579. The van der Waals surface area contributed by atoms with Crippen molar-refractivity contribution >= 4 is 0 Å². The Labute approximate surface area is 110 Å². The lowest BCUT2D eigenvalue weighted by molar-refractivity contribution is 0.214. The van der Waals surface area contributed by atoms with Crippen LogP contribution in [-0.2, 0) is 0 Å². The van der Waals surface area contributed by atoms with Crippen molar-refractivity contribution in [2.45, 2.75) is 13.0 Å². The largest absolute Gasteiger partial charge is 0.497 e. The Morgan fingerprint density at radius 2 is 1.68 bits per heavy atom. The fraction of sp³-hybridized carbons (Fsp3) is 0.200. The Kier molecular flexibility index (Phi) is 3.81. The predicted octanol–water partition coefficient (Wildman–Crippen LogP) is 3.36. The first-order valence-electron chi connectivity index (χ1n) is 5.80. The van der Waals surface area contributed by atoms with Gasteiger partial charge >= 0.3 is 0 Å². The molecule has 0 heterocycles. The zero-order chi connectivity index (χ0) is 14.0. The van der Waals surface area contributed by atoms with Gasteiger partial charge in [0.05, 0.1) is 7.11 Å². The normalized spacial score (nSPS) is 12.3. The lowest BCUT2D eigenvalue weighted by atomic mass is 9.99. The van der Waals surface area contributed by atoms with Crippen molar-refractivity contribution in [3.05, 3.63) is 64.7 Å². The van der Waals surface area contributed by atoms with Gasteiger partial charge in [-0.05, 0) is 36.2 Å². The average molecular weight is 264 g/mol. The van der Waals surface area contributed by atoms with Gasteiger partial charge in [-0.25, -0.2) is 8.78 Å². The Hall–Kier alpha value is -1.94. The molecule has 19 heavy (non-hydrogen) atoms. The van der Waals surface area contributed by atoms with Crippen molar-refractivity contribution in [2.75, 3.05) is 7.11 Å². The molecule has 2 aromatic rings. The van der Waals surface area contributed by atoms with Crippen molar-refractivity contribution in [3.63, 3.8) is 0 Å². The maximum atomic E-state index is 13.7. The average Bonchev–Trinajstić information content (AvgIpc) is 2.42. The van der Waals surface area contributed by atoms with Gasteiger partial charge in [-0.1, -0.05) is 12.1 Å². The highest BCUT2D eigenvalue weighted by Crippen LogP contribution is 2.27.